The molecule has 0 amide bonds. The quantitative estimate of drug-likeness (QED) is 0.288. The van der Waals surface area contributed by atoms with Crippen LogP contribution in [0, 0.1) is 0 Å². The van der Waals surface area contributed by atoms with Gasteiger partial charge in [-0.2, -0.15) is 4.98 Å². The van der Waals surface area contributed by atoms with Crippen molar-refractivity contribution in [1.82, 2.24) is 24.9 Å². The third kappa shape index (κ3) is 5.56. The number of ether oxygens (including phenoxy) is 1. The summed E-state index contributed by atoms with van der Waals surface area (Å²) in [6, 6.07) is 20.2. The van der Waals surface area contributed by atoms with Crippen LogP contribution >= 0.6 is 0 Å². The van der Waals surface area contributed by atoms with Crippen LogP contribution in [0.1, 0.15) is 25.3 Å². The number of benzene rings is 2. The summed E-state index contributed by atoms with van der Waals surface area (Å²) in [5.41, 5.74) is 4.19. The molecule has 1 saturated carbocycles. The minimum Gasteiger partial charge on any atom is -0.470 e. The van der Waals surface area contributed by atoms with Gasteiger partial charge in [0.1, 0.15) is 5.60 Å². The highest BCUT2D eigenvalue weighted by atomic mass is 32.2. The van der Waals surface area contributed by atoms with Crippen LogP contribution in [0.4, 0.5) is 5.95 Å². The lowest BCUT2D eigenvalue weighted by atomic mass is 10.1. The zero-order valence-corrected chi connectivity index (χ0v) is 22.3. The molecule has 0 unspecified atom stereocenters. The second kappa shape index (κ2) is 9.70. The molecule has 10 heteroatoms. The summed E-state index contributed by atoms with van der Waals surface area (Å²) in [5.74, 6) is 1.52. The molecule has 3 aromatic heterocycles. The molecule has 3 heterocycles. The van der Waals surface area contributed by atoms with Gasteiger partial charge in [-0.3, -0.25) is 0 Å². The third-order valence-electron chi connectivity index (χ3n) is 6.59. The molecule has 0 saturated heterocycles. The molecule has 2 aromatic carbocycles. The average molecular weight is 539 g/mol. The smallest absolute Gasteiger partial charge is 0.246 e. The largest absolute Gasteiger partial charge is 0.470 e. The highest BCUT2D eigenvalue weighted by molar-refractivity contribution is 7.90. The molecule has 0 aliphatic heterocycles. The van der Waals surface area contributed by atoms with Crippen molar-refractivity contribution in [3.63, 3.8) is 0 Å². The molecule has 1 N–H and O–H groups in total. The number of hydrogen-bond acceptors (Lipinski definition) is 9. The Bertz CT molecular complexity index is 1770. The maximum atomic E-state index is 12.1. The van der Waals surface area contributed by atoms with Gasteiger partial charge >= 0.3 is 0 Å². The number of pyridine rings is 1. The Morgan fingerprint density at radius 1 is 0.897 bits per heavy atom. The highest BCUT2D eigenvalue weighted by Gasteiger charge is 2.41. The van der Waals surface area contributed by atoms with Gasteiger partial charge in [-0.05, 0) is 55.7 Å². The minimum atomic E-state index is -3.34. The topological polar surface area (TPSA) is 120 Å². The SMILES string of the molecule is CC1(Oc2nc(NCc3ccc(-c4ncccn4)cc3)nc3ccc(-c4cccc(S(C)(=O)=O)c4)nc23)CC1. The first-order valence-electron chi connectivity index (χ1n) is 12.5. The maximum absolute atomic E-state index is 12.1. The summed E-state index contributed by atoms with van der Waals surface area (Å²) < 4.78 is 30.4. The van der Waals surface area contributed by atoms with Gasteiger partial charge in [-0.1, -0.05) is 36.4 Å². The lowest BCUT2D eigenvalue weighted by Crippen LogP contribution is -2.15. The number of sulfone groups is 1. The van der Waals surface area contributed by atoms with E-state index in [9.17, 15) is 8.42 Å². The summed E-state index contributed by atoms with van der Waals surface area (Å²) in [4.78, 5) is 23.0. The van der Waals surface area contributed by atoms with E-state index in [1.807, 2.05) is 49.4 Å². The Morgan fingerprint density at radius 2 is 1.67 bits per heavy atom. The average Bonchev–Trinajstić information content (AvgIpc) is 3.68. The van der Waals surface area contributed by atoms with Gasteiger partial charge in [0, 0.05) is 36.3 Å². The van der Waals surface area contributed by atoms with Crippen molar-refractivity contribution in [2.75, 3.05) is 11.6 Å². The van der Waals surface area contributed by atoms with Crippen molar-refractivity contribution < 1.29 is 13.2 Å². The summed E-state index contributed by atoms with van der Waals surface area (Å²) in [6.07, 6.45) is 6.52. The molecule has 5 aromatic rings. The van der Waals surface area contributed by atoms with E-state index in [2.05, 4.69) is 25.3 Å². The van der Waals surface area contributed by atoms with Gasteiger partial charge in [0.05, 0.1) is 16.1 Å². The molecular weight excluding hydrogens is 512 g/mol. The predicted octanol–water partition coefficient (Wildman–Crippen LogP) is 5.10. The number of hydrogen-bond donors (Lipinski definition) is 1. The van der Waals surface area contributed by atoms with Crippen LogP contribution in [0.5, 0.6) is 5.88 Å². The van der Waals surface area contributed by atoms with E-state index in [4.69, 9.17) is 9.72 Å². The third-order valence-corrected chi connectivity index (χ3v) is 7.70. The number of nitrogens with one attached hydrogen (secondary N) is 1. The van der Waals surface area contributed by atoms with Crippen LogP contribution < -0.4 is 10.1 Å². The summed E-state index contributed by atoms with van der Waals surface area (Å²) in [7, 11) is -3.34. The number of anilines is 1. The molecule has 39 heavy (non-hydrogen) atoms. The molecule has 1 aliphatic carbocycles. The van der Waals surface area contributed by atoms with E-state index < -0.39 is 9.84 Å². The Balaban J connectivity index is 1.29. The molecule has 6 rings (SSSR count). The van der Waals surface area contributed by atoms with Gasteiger partial charge in [-0.25, -0.2) is 28.4 Å². The van der Waals surface area contributed by atoms with Crippen molar-refractivity contribution in [2.45, 2.75) is 36.8 Å². The van der Waals surface area contributed by atoms with Gasteiger partial charge < -0.3 is 10.1 Å². The summed E-state index contributed by atoms with van der Waals surface area (Å²) in [6.45, 7) is 2.56. The fraction of sp³-hybridized carbons (Fsp3) is 0.207. The normalized spacial score (nSPS) is 14.2. The second-order valence-corrected chi connectivity index (χ2v) is 11.9. The fourth-order valence-electron chi connectivity index (χ4n) is 4.10. The number of fused-ring (bicyclic) bond motifs is 1. The molecule has 1 fully saturated rings. The molecule has 0 spiro atoms. The Kier molecular flexibility index (Phi) is 6.19. The van der Waals surface area contributed by atoms with E-state index >= 15 is 0 Å². The molecule has 0 radical (unpaired) electrons. The number of nitrogens with zero attached hydrogens (tertiary/aromatic N) is 5. The van der Waals surface area contributed by atoms with Crippen LogP contribution in [-0.4, -0.2) is 45.2 Å². The van der Waals surface area contributed by atoms with Crippen molar-refractivity contribution in [3.05, 3.63) is 84.7 Å². The number of rotatable bonds is 8. The summed E-state index contributed by atoms with van der Waals surface area (Å²) in [5, 5.41) is 3.30. The van der Waals surface area contributed by atoms with Crippen LogP contribution in [0.15, 0.2) is 84.0 Å². The Morgan fingerprint density at radius 3 is 2.38 bits per heavy atom. The van der Waals surface area contributed by atoms with Crippen molar-refractivity contribution in [2.24, 2.45) is 0 Å². The van der Waals surface area contributed by atoms with Gasteiger partial charge in [0.2, 0.25) is 11.8 Å². The van der Waals surface area contributed by atoms with Crippen LogP contribution in [0.3, 0.4) is 0 Å². The molecule has 1 aliphatic rings. The van der Waals surface area contributed by atoms with Crippen LogP contribution in [0.2, 0.25) is 0 Å². The first-order valence-corrected chi connectivity index (χ1v) is 14.4. The van der Waals surface area contributed by atoms with Gasteiger partial charge in [0.25, 0.3) is 0 Å². The van der Waals surface area contributed by atoms with E-state index in [0.717, 1.165) is 24.0 Å². The Hall–Kier alpha value is -4.44. The minimum absolute atomic E-state index is 0.240. The first-order chi connectivity index (χ1) is 18.8. The maximum Gasteiger partial charge on any atom is 0.246 e. The predicted molar refractivity (Wildman–Crippen MR) is 149 cm³/mol. The lowest BCUT2D eigenvalue weighted by molar-refractivity contribution is 0.194. The van der Waals surface area contributed by atoms with Crippen molar-refractivity contribution in [3.8, 4) is 28.5 Å². The Labute approximate surface area is 226 Å². The van der Waals surface area contributed by atoms with Crippen LogP contribution in [0.25, 0.3) is 33.7 Å². The van der Waals surface area contributed by atoms with E-state index in [0.29, 0.717) is 46.5 Å². The first kappa shape index (κ1) is 24.9. The van der Waals surface area contributed by atoms with E-state index in [-0.39, 0.29) is 10.5 Å². The van der Waals surface area contributed by atoms with Crippen molar-refractivity contribution in [1.29, 1.82) is 0 Å². The summed E-state index contributed by atoms with van der Waals surface area (Å²) >= 11 is 0. The molecular formula is C29H26N6O3S. The molecule has 9 nitrogen and oxygen atoms in total. The second-order valence-electron chi connectivity index (χ2n) is 9.89. The zero-order valence-electron chi connectivity index (χ0n) is 21.5. The van der Waals surface area contributed by atoms with E-state index in [1.54, 1.807) is 36.7 Å². The van der Waals surface area contributed by atoms with Gasteiger partial charge in [0.15, 0.2) is 21.2 Å². The fourth-order valence-corrected chi connectivity index (χ4v) is 4.76. The number of aromatic nitrogens is 5. The highest BCUT2D eigenvalue weighted by Crippen LogP contribution is 2.41. The molecule has 0 atom stereocenters. The molecule has 0 bridgehead atoms. The monoisotopic (exact) mass is 538 g/mol. The lowest BCUT2D eigenvalue weighted by Gasteiger charge is -2.15. The zero-order chi connectivity index (χ0) is 27.0. The van der Waals surface area contributed by atoms with E-state index in [1.165, 1.54) is 6.26 Å². The standard InChI is InChI=1S/C29H26N6O3S/c1-29(13-14-29)38-27-25-24(12-11-23(33-25)21-5-3-6-22(17-21)39(2,36)37)34-28(35-27)32-18-19-7-9-20(10-8-19)26-30-15-4-16-31-26/h3-12,15-17H,13-14,18H2,1-2H3,(H,32,34,35). The van der Waals surface area contributed by atoms with Crippen molar-refractivity contribution >= 4 is 26.8 Å². The van der Waals surface area contributed by atoms with Gasteiger partial charge in [-0.15, -0.1) is 0 Å². The molecule has 196 valence electrons. The van der Waals surface area contributed by atoms with Crippen LogP contribution in [-0.2, 0) is 16.4 Å².